The van der Waals surface area contributed by atoms with E-state index in [1.54, 1.807) is 12.1 Å². The zero-order valence-corrected chi connectivity index (χ0v) is 12.9. The summed E-state index contributed by atoms with van der Waals surface area (Å²) >= 11 is 3.49. The summed E-state index contributed by atoms with van der Waals surface area (Å²) in [7, 11) is 0. The van der Waals surface area contributed by atoms with Crippen molar-refractivity contribution >= 4 is 15.9 Å². The average Bonchev–Trinajstić information content (AvgIpc) is 2.88. The average molecular weight is 329 g/mol. The number of nitrogens with one attached hydrogen (secondary N) is 1. The highest BCUT2D eigenvalue weighted by Gasteiger charge is 2.29. The van der Waals surface area contributed by atoms with Crippen LogP contribution in [-0.2, 0) is 6.42 Å². The molecule has 0 saturated heterocycles. The second kappa shape index (κ2) is 6.82. The fourth-order valence-electron chi connectivity index (χ4n) is 3.15. The number of hydrazine groups is 1. The normalized spacial score (nSPS) is 24.6. The van der Waals surface area contributed by atoms with Gasteiger partial charge in [-0.1, -0.05) is 35.7 Å². The standard InChI is InChI=1S/C15H22BrFN2/c1-2-10-3-4-11(7-10)15(19-18)9-12-8-13(17)5-6-14(12)16/h5-6,8,10-11,15,19H,2-4,7,9,18H2,1H3. The van der Waals surface area contributed by atoms with Crippen LogP contribution in [0.5, 0.6) is 0 Å². The highest BCUT2D eigenvalue weighted by atomic mass is 79.9. The first kappa shape index (κ1) is 14.9. The molecule has 1 fully saturated rings. The number of hydrogen-bond acceptors (Lipinski definition) is 2. The number of benzene rings is 1. The molecule has 1 saturated carbocycles. The van der Waals surface area contributed by atoms with E-state index >= 15 is 0 Å². The molecular weight excluding hydrogens is 307 g/mol. The third-order valence-corrected chi connectivity index (χ3v) is 5.16. The molecule has 2 nitrogen and oxygen atoms in total. The molecule has 4 heteroatoms. The van der Waals surface area contributed by atoms with Gasteiger partial charge in [0.25, 0.3) is 0 Å². The van der Waals surface area contributed by atoms with Gasteiger partial charge in [0.15, 0.2) is 0 Å². The molecule has 19 heavy (non-hydrogen) atoms. The summed E-state index contributed by atoms with van der Waals surface area (Å²) in [5, 5.41) is 0. The third kappa shape index (κ3) is 3.77. The van der Waals surface area contributed by atoms with Crippen molar-refractivity contribution < 1.29 is 4.39 Å². The molecule has 1 aromatic rings. The fraction of sp³-hybridized carbons (Fsp3) is 0.600. The Bertz CT molecular complexity index is 425. The Labute approximate surface area is 123 Å². The third-order valence-electron chi connectivity index (χ3n) is 4.39. The Morgan fingerprint density at radius 2 is 2.26 bits per heavy atom. The van der Waals surface area contributed by atoms with Crippen LogP contribution in [0.15, 0.2) is 22.7 Å². The molecule has 0 spiro atoms. The maximum Gasteiger partial charge on any atom is 0.123 e. The van der Waals surface area contributed by atoms with E-state index in [0.717, 1.165) is 22.4 Å². The number of halogens is 2. The topological polar surface area (TPSA) is 38.0 Å². The summed E-state index contributed by atoms with van der Waals surface area (Å²) in [5.74, 6) is 6.96. The lowest BCUT2D eigenvalue weighted by Crippen LogP contribution is -2.41. The van der Waals surface area contributed by atoms with Gasteiger partial charge in [-0.05, 0) is 54.9 Å². The van der Waals surface area contributed by atoms with Gasteiger partial charge in [0, 0.05) is 10.5 Å². The molecule has 1 aromatic carbocycles. The van der Waals surface area contributed by atoms with Crippen molar-refractivity contribution in [2.24, 2.45) is 17.7 Å². The minimum Gasteiger partial charge on any atom is -0.271 e. The zero-order valence-electron chi connectivity index (χ0n) is 11.3. The first-order valence-electron chi connectivity index (χ1n) is 7.04. The molecule has 0 amide bonds. The van der Waals surface area contributed by atoms with Crippen LogP contribution in [0.4, 0.5) is 4.39 Å². The van der Waals surface area contributed by atoms with Crippen LogP contribution in [0, 0.1) is 17.7 Å². The summed E-state index contributed by atoms with van der Waals surface area (Å²) in [4.78, 5) is 0. The quantitative estimate of drug-likeness (QED) is 0.637. The Hall–Kier alpha value is -0.450. The summed E-state index contributed by atoms with van der Waals surface area (Å²) < 4.78 is 14.3. The van der Waals surface area contributed by atoms with Crippen LogP contribution in [0.2, 0.25) is 0 Å². The predicted octanol–water partition coefficient (Wildman–Crippen LogP) is 3.79. The maximum absolute atomic E-state index is 13.3. The first-order valence-corrected chi connectivity index (χ1v) is 7.83. The lowest BCUT2D eigenvalue weighted by Gasteiger charge is -2.23. The first-order chi connectivity index (χ1) is 9.13. The Balaban J connectivity index is 2.05. The molecule has 1 aliphatic carbocycles. The van der Waals surface area contributed by atoms with Crippen molar-refractivity contribution in [2.75, 3.05) is 0 Å². The van der Waals surface area contributed by atoms with E-state index in [-0.39, 0.29) is 11.9 Å². The molecule has 3 unspecified atom stereocenters. The van der Waals surface area contributed by atoms with Gasteiger partial charge < -0.3 is 0 Å². The second-order valence-electron chi connectivity index (χ2n) is 5.56. The monoisotopic (exact) mass is 328 g/mol. The van der Waals surface area contributed by atoms with Crippen molar-refractivity contribution in [1.82, 2.24) is 5.43 Å². The Kier molecular flexibility index (Phi) is 5.37. The molecule has 0 aromatic heterocycles. The van der Waals surface area contributed by atoms with Crippen LogP contribution in [0.3, 0.4) is 0 Å². The molecule has 1 aliphatic rings. The highest BCUT2D eigenvalue weighted by Crippen LogP contribution is 2.36. The van der Waals surface area contributed by atoms with Crippen LogP contribution in [-0.4, -0.2) is 6.04 Å². The van der Waals surface area contributed by atoms with Crippen LogP contribution in [0.25, 0.3) is 0 Å². The molecule has 3 atom stereocenters. The fourth-order valence-corrected chi connectivity index (χ4v) is 3.56. The molecule has 0 radical (unpaired) electrons. The van der Waals surface area contributed by atoms with Gasteiger partial charge in [0.05, 0.1) is 0 Å². The SMILES string of the molecule is CCC1CCC(C(Cc2cc(F)ccc2Br)NN)C1. The molecule has 0 bridgehead atoms. The van der Waals surface area contributed by atoms with Crippen molar-refractivity contribution in [1.29, 1.82) is 0 Å². The molecule has 3 N–H and O–H groups in total. The molecule has 0 heterocycles. The lowest BCUT2D eigenvalue weighted by atomic mass is 9.91. The second-order valence-corrected chi connectivity index (χ2v) is 6.41. The van der Waals surface area contributed by atoms with Gasteiger partial charge in [-0.15, -0.1) is 0 Å². The van der Waals surface area contributed by atoms with E-state index in [2.05, 4.69) is 28.3 Å². The summed E-state index contributed by atoms with van der Waals surface area (Å²) in [6, 6.07) is 5.07. The van der Waals surface area contributed by atoms with Gasteiger partial charge in [-0.3, -0.25) is 11.3 Å². The van der Waals surface area contributed by atoms with Gasteiger partial charge in [0.1, 0.15) is 5.82 Å². The predicted molar refractivity (Wildman–Crippen MR) is 80.0 cm³/mol. The lowest BCUT2D eigenvalue weighted by molar-refractivity contribution is 0.347. The van der Waals surface area contributed by atoms with Crippen LogP contribution >= 0.6 is 15.9 Å². The van der Waals surface area contributed by atoms with Crippen molar-refractivity contribution in [3.63, 3.8) is 0 Å². The van der Waals surface area contributed by atoms with E-state index in [1.807, 2.05) is 0 Å². The van der Waals surface area contributed by atoms with E-state index in [4.69, 9.17) is 5.84 Å². The molecular formula is C15H22BrFN2. The van der Waals surface area contributed by atoms with Crippen LogP contribution in [0.1, 0.15) is 38.2 Å². The number of rotatable bonds is 5. The van der Waals surface area contributed by atoms with Crippen molar-refractivity contribution in [3.05, 3.63) is 34.1 Å². The number of hydrogen-bond donors (Lipinski definition) is 2. The molecule has 2 rings (SSSR count). The van der Waals surface area contributed by atoms with Gasteiger partial charge in [0.2, 0.25) is 0 Å². The summed E-state index contributed by atoms with van der Waals surface area (Å²) in [6.45, 7) is 2.25. The highest BCUT2D eigenvalue weighted by molar-refractivity contribution is 9.10. The van der Waals surface area contributed by atoms with Gasteiger partial charge in [-0.2, -0.15) is 0 Å². The minimum atomic E-state index is -0.188. The molecule has 0 aliphatic heterocycles. The van der Waals surface area contributed by atoms with Crippen LogP contribution < -0.4 is 11.3 Å². The summed E-state index contributed by atoms with van der Waals surface area (Å²) in [6.07, 6.45) is 5.77. The van der Waals surface area contributed by atoms with E-state index < -0.39 is 0 Å². The van der Waals surface area contributed by atoms with Gasteiger partial charge >= 0.3 is 0 Å². The zero-order chi connectivity index (χ0) is 13.8. The molecule has 106 valence electrons. The van der Waals surface area contributed by atoms with Gasteiger partial charge in [-0.25, -0.2) is 4.39 Å². The minimum absolute atomic E-state index is 0.188. The van der Waals surface area contributed by atoms with E-state index in [9.17, 15) is 4.39 Å². The number of nitrogens with two attached hydrogens (primary N) is 1. The van der Waals surface area contributed by atoms with Crippen molar-refractivity contribution in [2.45, 2.75) is 45.1 Å². The largest absolute Gasteiger partial charge is 0.271 e. The Morgan fingerprint density at radius 1 is 1.47 bits per heavy atom. The van der Waals surface area contributed by atoms with E-state index in [1.165, 1.54) is 31.7 Å². The van der Waals surface area contributed by atoms with Crippen molar-refractivity contribution in [3.8, 4) is 0 Å². The summed E-state index contributed by atoms with van der Waals surface area (Å²) in [5.41, 5.74) is 3.93. The Morgan fingerprint density at radius 3 is 2.89 bits per heavy atom. The van der Waals surface area contributed by atoms with E-state index in [0.29, 0.717) is 5.92 Å². The smallest absolute Gasteiger partial charge is 0.123 e. The maximum atomic E-state index is 13.3.